The summed E-state index contributed by atoms with van der Waals surface area (Å²) in [4.78, 5) is 10.9. The Labute approximate surface area is 94.4 Å². The minimum absolute atomic E-state index is 0.0593. The maximum Gasteiger partial charge on any atom is 0.384 e. The Bertz CT molecular complexity index is 454. The quantitative estimate of drug-likeness (QED) is 0.376. The van der Waals surface area contributed by atoms with E-state index in [1.54, 1.807) is 0 Å². The molecule has 0 bridgehead atoms. The minimum atomic E-state index is -0.496. The van der Waals surface area contributed by atoms with Gasteiger partial charge in [-0.15, -0.1) is 0 Å². The number of hydrogen-bond acceptors (Lipinski definition) is 3. The lowest BCUT2D eigenvalue weighted by Crippen LogP contribution is -2.13. The average molecular weight is 216 g/mol. The molecule has 0 saturated carbocycles. The standard InChI is InChI=1S/C13H12O3/c1-15-13(14)7-6-10-8-9-16-12-5-3-2-4-11(10)12/h2-5,10H,8-9H2,1H3. The van der Waals surface area contributed by atoms with Crippen LogP contribution in [0, 0.1) is 11.8 Å². The number of hydrogen-bond donors (Lipinski definition) is 0. The zero-order chi connectivity index (χ0) is 11.4. The molecule has 1 aromatic carbocycles. The Balaban J connectivity index is 2.24. The number of benzene rings is 1. The summed E-state index contributed by atoms with van der Waals surface area (Å²) in [5, 5.41) is 0. The summed E-state index contributed by atoms with van der Waals surface area (Å²) in [6.07, 6.45) is 0.807. The molecule has 0 aromatic heterocycles. The van der Waals surface area contributed by atoms with Crippen molar-refractivity contribution in [3.05, 3.63) is 29.8 Å². The molecule has 1 aromatic rings. The fourth-order valence-electron chi connectivity index (χ4n) is 1.69. The SMILES string of the molecule is COC(=O)C#CC1CCOc2ccccc21. The zero-order valence-corrected chi connectivity index (χ0v) is 9.03. The summed E-state index contributed by atoms with van der Waals surface area (Å²) in [7, 11) is 1.33. The lowest BCUT2D eigenvalue weighted by Gasteiger charge is -2.21. The van der Waals surface area contributed by atoms with Crippen molar-refractivity contribution in [1.29, 1.82) is 0 Å². The van der Waals surface area contributed by atoms with Gasteiger partial charge >= 0.3 is 5.97 Å². The smallest absolute Gasteiger partial charge is 0.384 e. The molecule has 16 heavy (non-hydrogen) atoms. The van der Waals surface area contributed by atoms with Gasteiger partial charge < -0.3 is 9.47 Å². The predicted molar refractivity (Wildman–Crippen MR) is 59.1 cm³/mol. The lowest BCUT2D eigenvalue weighted by atomic mass is 9.94. The first-order chi connectivity index (χ1) is 7.81. The van der Waals surface area contributed by atoms with Crippen LogP contribution in [0.25, 0.3) is 0 Å². The second-order valence-corrected chi connectivity index (χ2v) is 3.49. The molecule has 0 amide bonds. The number of esters is 1. The molecular formula is C13H12O3. The molecule has 3 nitrogen and oxygen atoms in total. The first-order valence-electron chi connectivity index (χ1n) is 5.12. The van der Waals surface area contributed by atoms with Crippen LogP contribution in [0.4, 0.5) is 0 Å². The lowest BCUT2D eigenvalue weighted by molar-refractivity contribution is -0.133. The van der Waals surface area contributed by atoms with Gasteiger partial charge in [0, 0.05) is 11.5 Å². The van der Waals surface area contributed by atoms with Gasteiger partial charge in [-0.1, -0.05) is 24.1 Å². The van der Waals surface area contributed by atoms with E-state index in [-0.39, 0.29) is 5.92 Å². The summed E-state index contributed by atoms with van der Waals surface area (Å²) in [5.41, 5.74) is 1.05. The molecule has 1 heterocycles. The normalized spacial score (nSPS) is 17.4. The third kappa shape index (κ3) is 2.17. The van der Waals surface area contributed by atoms with Crippen LogP contribution in [0.1, 0.15) is 17.9 Å². The van der Waals surface area contributed by atoms with Crippen molar-refractivity contribution < 1.29 is 14.3 Å². The van der Waals surface area contributed by atoms with E-state index in [9.17, 15) is 4.79 Å². The maximum absolute atomic E-state index is 10.9. The van der Waals surface area contributed by atoms with E-state index in [0.29, 0.717) is 6.61 Å². The molecule has 1 unspecified atom stereocenters. The van der Waals surface area contributed by atoms with Gasteiger partial charge in [-0.2, -0.15) is 0 Å². The van der Waals surface area contributed by atoms with Crippen LogP contribution in [0.5, 0.6) is 5.75 Å². The predicted octanol–water partition coefficient (Wildman–Crippen LogP) is 1.73. The van der Waals surface area contributed by atoms with E-state index in [1.807, 2.05) is 24.3 Å². The highest BCUT2D eigenvalue weighted by Crippen LogP contribution is 2.32. The number of ether oxygens (including phenoxy) is 2. The topological polar surface area (TPSA) is 35.5 Å². The van der Waals surface area contributed by atoms with E-state index in [0.717, 1.165) is 17.7 Å². The van der Waals surface area contributed by atoms with Crippen LogP contribution in [-0.4, -0.2) is 19.7 Å². The van der Waals surface area contributed by atoms with Gasteiger partial charge in [0.2, 0.25) is 0 Å². The molecule has 82 valence electrons. The highest BCUT2D eigenvalue weighted by atomic mass is 16.5. The molecule has 1 aliphatic heterocycles. The number of fused-ring (bicyclic) bond motifs is 1. The monoisotopic (exact) mass is 216 g/mol. The highest BCUT2D eigenvalue weighted by Gasteiger charge is 2.18. The molecule has 0 spiro atoms. The van der Waals surface area contributed by atoms with Gasteiger partial charge in [-0.05, 0) is 12.5 Å². The van der Waals surface area contributed by atoms with Crippen molar-refractivity contribution in [2.75, 3.05) is 13.7 Å². The molecule has 0 fully saturated rings. The van der Waals surface area contributed by atoms with Gasteiger partial charge in [0.1, 0.15) is 5.75 Å². The molecule has 3 heteroatoms. The second kappa shape index (κ2) is 4.71. The van der Waals surface area contributed by atoms with Crippen LogP contribution in [-0.2, 0) is 9.53 Å². The van der Waals surface area contributed by atoms with Crippen molar-refractivity contribution in [2.24, 2.45) is 0 Å². The van der Waals surface area contributed by atoms with Crippen LogP contribution >= 0.6 is 0 Å². The summed E-state index contributed by atoms with van der Waals surface area (Å²) in [5.74, 6) is 5.82. The Hall–Kier alpha value is -1.95. The molecule has 0 aliphatic carbocycles. The van der Waals surface area contributed by atoms with Crippen molar-refractivity contribution >= 4 is 5.97 Å². The molecule has 0 radical (unpaired) electrons. The van der Waals surface area contributed by atoms with E-state index in [1.165, 1.54) is 7.11 Å². The number of para-hydroxylation sites is 1. The Kier molecular flexibility index (Phi) is 3.11. The van der Waals surface area contributed by atoms with Crippen LogP contribution in [0.15, 0.2) is 24.3 Å². The fourth-order valence-corrected chi connectivity index (χ4v) is 1.69. The van der Waals surface area contributed by atoms with E-state index < -0.39 is 5.97 Å². The number of carbonyl (C=O) groups is 1. The molecule has 1 aliphatic rings. The Morgan fingerprint density at radius 1 is 1.50 bits per heavy atom. The van der Waals surface area contributed by atoms with Gasteiger partial charge in [0.15, 0.2) is 0 Å². The van der Waals surface area contributed by atoms with E-state index in [2.05, 4.69) is 16.6 Å². The number of rotatable bonds is 0. The van der Waals surface area contributed by atoms with Crippen LogP contribution < -0.4 is 4.74 Å². The highest BCUT2D eigenvalue weighted by molar-refractivity contribution is 5.88. The van der Waals surface area contributed by atoms with Gasteiger partial charge in [0.05, 0.1) is 19.6 Å². The summed E-state index contributed by atoms with van der Waals surface area (Å²) < 4.78 is 9.99. The van der Waals surface area contributed by atoms with E-state index >= 15 is 0 Å². The van der Waals surface area contributed by atoms with Crippen molar-refractivity contribution in [2.45, 2.75) is 12.3 Å². The van der Waals surface area contributed by atoms with Crippen molar-refractivity contribution in [3.8, 4) is 17.6 Å². The Morgan fingerprint density at radius 3 is 3.12 bits per heavy atom. The summed E-state index contributed by atoms with van der Waals surface area (Å²) in [6.45, 7) is 0.636. The summed E-state index contributed by atoms with van der Waals surface area (Å²) in [6, 6.07) is 7.77. The van der Waals surface area contributed by atoms with Gasteiger partial charge in [0.25, 0.3) is 0 Å². The number of methoxy groups -OCH3 is 1. The molecule has 0 N–H and O–H groups in total. The average Bonchev–Trinajstić information content (AvgIpc) is 2.35. The third-order valence-electron chi connectivity index (χ3n) is 2.49. The minimum Gasteiger partial charge on any atom is -0.493 e. The first kappa shape index (κ1) is 10.6. The fraction of sp³-hybridized carbons (Fsp3) is 0.308. The molecule has 2 rings (SSSR count). The largest absolute Gasteiger partial charge is 0.493 e. The van der Waals surface area contributed by atoms with Crippen molar-refractivity contribution in [3.63, 3.8) is 0 Å². The van der Waals surface area contributed by atoms with Crippen molar-refractivity contribution in [1.82, 2.24) is 0 Å². The molecule has 0 saturated heterocycles. The zero-order valence-electron chi connectivity index (χ0n) is 9.03. The van der Waals surface area contributed by atoms with Crippen LogP contribution in [0.3, 0.4) is 0 Å². The van der Waals surface area contributed by atoms with Gasteiger partial charge in [-0.25, -0.2) is 4.79 Å². The maximum atomic E-state index is 10.9. The Morgan fingerprint density at radius 2 is 2.31 bits per heavy atom. The van der Waals surface area contributed by atoms with Gasteiger partial charge in [-0.3, -0.25) is 0 Å². The molecular weight excluding hydrogens is 204 g/mol. The molecule has 1 atom stereocenters. The first-order valence-corrected chi connectivity index (χ1v) is 5.12. The second-order valence-electron chi connectivity index (χ2n) is 3.49. The van der Waals surface area contributed by atoms with E-state index in [4.69, 9.17) is 4.74 Å². The third-order valence-corrected chi connectivity index (χ3v) is 2.49. The summed E-state index contributed by atoms with van der Waals surface area (Å²) >= 11 is 0. The number of carbonyl (C=O) groups excluding carboxylic acids is 1. The van der Waals surface area contributed by atoms with Crippen LogP contribution in [0.2, 0.25) is 0 Å².